The topological polar surface area (TPSA) is 89.0 Å². The predicted molar refractivity (Wildman–Crippen MR) is 102 cm³/mol. The fourth-order valence-corrected chi connectivity index (χ4v) is 4.17. The second-order valence-corrected chi connectivity index (χ2v) is 8.54. The Morgan fingerprint density at radius 3 is 2.68 bits per heavy atom. The minimum atomic E-state index is -3.52. The van der Waals surface area contributed by atoms with Crippen LogP contribution in [0.15, 0.2) is 30.5 Å². The van der Waals surface area contributed by atoms with Crippen LogP contribution in [-0.2, 0) is 10.0 Å². The number of halogens is 3. The highest BCUT2D eigenvalue weighted by molar-refractivity contribution is 9.09. The molecule has 0 unspecified atom stereocenters. The van der Waals surface area contributed by atoms with Crippen LogP contribution in [0.1, 0.15) is 34.2 Å². The number of ketones is 1. The standard InChI is InChI=1S/C15H14BrCl2N3O3S/c1-2-8-25(23,24)21-11-5-3-4-9(13(11)17)14(22)12(16)10-6-7-19-15(18)20-10/h3-7,12,21H,2,8H2,1H3/t12-/m1/s1. The molecule has 0 aliphatic rings. The Labute approximate surface area is 164 Å². The molecule has 1 atom stereocenters. The molecule has 2 aromatic rings. The summed E-state index contributed by atoms with van der Waals surface area (Å²) in [7, 11) is -3.52. The van der Waals surface area contributed by atoms with E-state index in [9.17, 15) is 13.2 Å². The Morgan fingerprint density at radius 1 is 1.32 bits per heavy atom. The van der Waals surface area contributed by atoms with Gasteiger partial charge in [-0.2, -0.15) is 0 Å². The van der Waals surface area contributed by atoms with Gasteiger partial charge in [0.05, 0.1) is 22.2 Å². The summed E-state index contributed by atoms with van der Waals surface area (Å²) >= 11 is 15.3. The molecule has 1 heterocycles. The first-order chi connectivity index (χ1) is 11.7. The monoisotopic (exact) mass is 465 g/mol. The van der Waals surface area contributed by atoms with Gasteiger partial charge >= 0.3 is 0 Å². The van der Waals surface area contributed by atoms with Crippen molar-refractivity contribution in [3.05, 3.63) is 52.0 Å². The number of alkyl halides is 1. The molecule has 0 fully saturated rings. The SMILES string of the molecule is CCCS(=O)(=O)Nc1cccc(C(=O)[C@H](Br)c2ccnc(Cl)n2)c1Cl. The Bertz CT molecular complexity index is 893. The van der Waals surface area contributed by atoms with Gasteiger partial charge in [-0.15, -0.1) is 0 Å². The average Bonchev–Trinajstić information content (AvgIpc) is 2.55. The molecule has 0 radical (unpaired) electrons. The summed E-state index contributed by atoms with van der Waals surface area (Å²) in [6, 6.07) is 6.11. The Hall–Kier alpha value is -1.22. The summed E-state index contributed by atoms with van der Waals surface area (Å²) in [5, 5.41) is 0.0405. The van der Waals surface area contributed by atoms with Crippen molar-refractivity contribution in [1.82, 2.24) is 9.97 Å². The maximum Gasteiger partial charge on any atom is 0.232 e. The van der Waals surface area contributed by atoms with Crippen molar-refractivity contribution in [3.8, 4) is 0 Å². The maximum absolute atomic E-state index is 12.7. The summed E-state index contributed by atoms with van der Waals surface area (Å²) in [6.45, 7) is 1.75. The Kier molecular flexibility index (Phi) is 6.79. The molecule has 0 saturated carbocycles. The van der Waals surface area contributed by atoms with Gasteiger partial charge in [0.2, 0.25) is 15.3 Å². The number of anilines is 1. The number of sulfonamides is 1. The Balaban J connectivity index is 2.33. The fraction of sp³-hybridized carbons (Fsp3) is 0.267. The van der Waals surface area contributed by atoms with Gasteiger partial charge in [-0.25, -0.2) is 18.4 Å². The van der Waals surface area contributed by atoms with Crippen LogP contribution in [0.4, 0.5) is 5.69 Å². The molecule has 0 saturated heterocycles. The third-order valence-corrected chi connectivity index (χ3v) is 6.09. The third kappa shape index (κ3) is 5.13. The zero-order valence-corrected chi connectivity index (χ0v) is 17.0. The number of hydrogen-bond acceptors (Lipinski definition) is 5. The van der Waals surface area contributed by atoms with Gasteiger partial charge in [-0.1, -0.05) is 40.5 Å². The smallest absolute Gasteiger partial charge is 0.232 e. The fourth-order valence-electron chi connectivity index (χ4n) is 2.05. The van der Waals surface area contributed by atoms with Crippen molar-refractivity contribution in [3.63, 3.8) is 0 Å². The highest BCUT2D eigenvalue weighted by atomic mass is 79.9. The number of carbonyl (C=O) groups excluding carboxylic acids is 1. The molecular formula is C15H14BrCl2N3O3S. The van der Waals surface area contributed by atoms with E-state index >= 15 is 0 Å². The molecule has 1 N–H and O–H groups in total. The van der Waals surface area contributed by atoms with Gasteiger partial charge in [-0.3, -0.25) is 9.52 Å². The number of benzene rings is 1. The summed E-state index contributed by atoms with van der Waals surface area (Å²) in [5.41, 5.74) is 0.689. The molecule has 0 spiro atoms. The number of Topliss-reactive ketones (excluding diaryl/α,β-unsaturated/α-hetero) is 1. The summed E-state index contributed by atoms with van der Waals surface area (Å²) in [4.78, 5) is 19.7. The van der Waals surface area contributed by atoms with E-state index in [1.807, 2.05) is 0 Å². The van der Waals surface area contributed by atoms with Gasteiger partial charge in [0.25, 0.3) is 0 Å². The zero-order chi connectivity index (χ0) is 18.6. The van der Waals surface area contributed by atoms with E-state index in [0.717, 1.165) is 0 Å². The first kappa shape index (κ1) is 20.1. The van der Waals surface area contributed by atoms with Crippen molar-refractivity contribution in [2.45, 2.75) is 18.2 Å². The molecular weight excluding hydrogens is 453 g/mol. The summed E-state index contributed by atoms with van der Waals surface area (Å²) in [5.74, 6) is -0.418. The van der Waals surface area contributed by atoms with Gasteiger partial charge in [-0.05, 0) is 36.2 Å². The van der Waals surface area contributed by atoms with E-state index in [4.69, 9.17) is 23.2 Å². The lowest BCUT2D eigenvalue weighted by molar-refractivity contribution is 0.0990. The van der Waals surface area contributed by atoms with Crippen LogP contribution >= 0.6 is 39.1 Å². The second-order valence-electron chi connectivity index (χ2n) is 5.07. The predicted octanol–water partition coefficient (Wildman–Crippen LogP) is 4.25. The minimum absolute atomic E-state index is 0.0157. The lowest BCUT2D eigenvalue weighted by Crippen LogP contribution is -2.17. The molecule has 25 heavy (non-hydrogen) atoms. The summed E-state index contributed by atoms with van der Waals surface area (Å²) in [6.07, 6.45) is 1.90. The molecule has 0 amide bonds. The van der Waals surface area contributed by atoms with E-state index in [1.165, 1.54) is 18.3 Å². The van der Waals surface area contributed by atoms with Gasteiger partial charge in [0.15, 0.2) is 5.78 Å². The summed E-state index contributed by atoms with van der Waals surface area (Å²) < 4.78 is 26.3. The maximum atomic E-state index is 12.7. The normalized spacial score (nSPS) is 12.6. The van der Waals surface area contributed by atoms with Crippen molar-refractivity contribution in [2.24, 2.45) is 0 Å². The quantitative estimate of drug-likeness (QED) is 0.374. The Morgan fingerprint density at radius 2 is 2.04 bits per heavy atom. The molecule has 134 valence electrons. The van der Waals surface area contributed by atoms with Crippen molar-refractivity contribution in [1.29, 1.82) is 0 Å². The highest BCUT2D eigenvalue weighted by Crippen LogP contribution is 2.33. The van der Waals surface area contributed by atoms with E-state index in [2.05, 4.69) is 30.6 Å². The van der Waals surface area contributed by atoms with Crippen LogP contribution in [0.25, 0.3) is 0 Å². The van der Waals surface area contributed by atoms with Gasteiger partial charge in [0, 0.05) is 11.8 Å². The molecule has 0 aliphatic heterocycles. The largest absolute Gasteiger partial charge is 0.292 e. The highest BCUT2D eigenvalue weighted by Gasteiger charge is 2.24. The van der Waals surface area contributed by atoms with Crippen LogP contribution in [0.5, 0.6) is 0 Å². The van der Waals surface area contributed by atoms with Crippen molar-refractivity contribution < 1.29 is 13.2 Å². The van der Waals surface area contributed by atoms with E-state index in [1.54, 1.807) is 19.1 Å². The molecule has 1 aromatic heterocycles. The van der Waals surface area contributed by atoms with Gasteiger partial charge in [0.1, 0.15) is 4.83 Å². The van der Waals surface area contributed by atoms with Gasteiger partial charge < -0.3 is 0 Å². The number of nitrogens with zero attached hydrogens (tertiary/aromatic N) is 2. The number of hydrogen-bond donors (Lipinski definition) is 1. The lowest BCUT2D eigenvalue weighted by Gasteiger charge is -2.13. The number of carbonyl (C=O) groups is 1. The average molecular weight is 467 g/mol. The third-order valence-electron chi connectivity index (χ3n) is 3.14. The molecule has 0 bridgehead atoms. The molecule has 1 aromatic carbocycles. The van der Waals surface area contributed by atoms with Crippen LogP contribution in [0, 0.1) is 0 Å². The zero-order valence-electron chi connectivity index (χ0n) is 13.0. The molecule has 0 aliphatic carbocycles. The molecule has 2 rings (SSSR count). The van der Waals surface area contributed by atoms with Crippen LogP contribution < -0.4 is 4.72 Å². The number of rotatable bonds is 7. The molecule has 6 nitrogen and oxygen atoms in total. The molecule has 10 heteroatoms. The van der Waals surface area contributed by atoms with Crippen molar-refractivity contribution in [2.75, 3.05) is 10.5 Å². The van der Waals surface area contributed by atoms with E-state index in [0.29, 0.717) is 12.1 Å². The number of nitrogens with one attached hydrogen (secondary N) is 1. The van der Waals surface area contributed by atoms with Crippen LogP contribution in [0.2, 0.25) is 10.3 Å². The van der Waals surface area contributed by atoms with Crippen LogP contribution in [0.3, 0.4) is 0 Å². The minimum Gasteiger partial charge on any atom is -0.292 e. The first-order valence-corrected chi connectivity index (χ1v) is 10.5. The van der Waals surface area contributed by atoms with E-state index < -0.39 is 14.9 Å². The van der Waals surface area contributed by atoms with Crippen LogP contribution in [-0.4, -0.2) is 29.9 Å². The van der Waals surface area contributed by atoms with Crippen molar-refractivity contribution >= 4 is 60.6 Å². The first-order valence-electron chi connectivity index (χ1n) is 7.21. The van der Waals surface area contributed by atoms with E-state index in [-0.39, 0.29) is 33.1 Å². The lowest BCUT2D eigenvalue weighted by atomic mass is 10.1. The second kappa shape index (κ2) is 8.44. The number of aromatic nitrogens is 2.